The first kappa shape index (κ1) is 25.0. The number of hydrazine groups is 1. The number of carbonyl (C=O) groups is 3. The molecule has 3 aromatic carbocycles. The van der Waals surface area contributed by atoms with Crippen molar-refractivity contribution in [2.75, 3.05) is 6.54 Å². The second-order valence-electron chi connectivity index (χ2n) is 8.79. The Morgan fingerprint density at radius 2 is 1.63 bits per heavy atom. The molecule has 3 amide bonds. The van der Waals surface area contributed by atoms with Gasteiger partial charge in [0.15, 0.2) is 5.11 Å². The first-order valence-electron chi connectivity index (χ1n) is 11.8. The quantitative estimate of drug-likeness (QED) is 0.152. The van der Waals surface area contributed by atoms with Gasteiger partial charge in [0.25, 0.3) is 17.7 Å². The lowest BCUT2D eigenvalue weighted by Crippen LogP contribution is -2.54. The van der Waals surface area contributed by atoms with Crippen LogP contribution in [0.5, 0.6) is 0 Å². The maximum atomic E-state index is 12.9. The molecule has 0 saturated heterocycles. The van der Waals surface area contributed by atoms with Gasteiger partial charge in [-0.05, 0) is 59.9 Å². The smallest absolute Gasteiger partial charge is 0.297 e. The Hall–Kier alpha value is -4.67. The van der Waals surface area contributed by atoms with E-state index < -0.39 is 11.9 Å². The van der Waals surface area contributed by atoms with E-state index in [1.54, 1.807) is 60.9 Å². The molecule has 0 spiro atoms. The molecule has 1 aliphatic heterocycles. The number of carbonyl (C=O) groups excluding carboxylic acids is 3. The number of rotatable bonds is 6. The number of pyridine rings is 1. The minimum Gasteiger partial charge on any atom is -0.356 e. The van der Waals surface area contributed by atoms with Crippen LogP contribution in [0, 0.1) is 0 Å². The average molecular weight is 526 g/mol. The van der Waals surface area contributed by atoms with Crippen molar-refractivity contribution < 1.29 is 19.6 Å². The molecule has 0 fully saturated rings. The highest BCUT2D eigenvalue weighted by molar-refractivity contribution is 7.80. The van der Waals surface area contributed by atoms with Crippen molar-refractivity contribution in [3.05, 3.63) is 114 Å². The zero-order valence-electron chi connectivity index (χ0n) is 20.1. The van der Waals surface area contributed by atoms with E-state index in [2.05, 4.69) is 15.7 Å². The molecule has 1 aliphatic rings. The standard InChI is InChI=1S/C28H23N5O4S/c34-25(20-10-11-21-16-29-13-12-19(21)15-20)33(37)31-28(38)30-22(14-18-6-2-1-3-7-18)17-32-26(35)23-8-4-5-9-24(23)27(32)36/h1-13,15-16,22,37H,14,17H2,(H2,30,31,38). The highest BCUT2D eigenvalue weighted by atomic mass is 32.1. The SMILES string of the molecule is O=C(c1ccc2cnccc2c1)N(O)NC(=S)NC(Cc1ccccc1)CN1C(=O)c2ccccc2C1=O. The van der Waals surface area contributed by atoms with Gasteiger partial charge in [0, 0.05) is 29.9 Å². The third-order valence-electron chi connectivity index (χ3n) is 6.23. The van der Waals surface area contributed by atoms with Crippen LogP contribution in [0.2, 0.25) is 0 Å². The normalized spacial score (nSPS) is 13.2. The lowest BCUT2D eigenvalue weighted by atomic mass is 10.1. The Balaban J connectivity index is 1.29. The Morgan fingerprint density at radius 1 is 0.947 bits per heavy atom. The van der Waals surface area contributed by atoms with Gasteiger partial charge in [-0.1, -0.05) is 48.5 Å². The van der Waals surface area contributed by atoms with Gasteiger partial charge < -0.3 is 5.32 Å². The Kier molecular flexibility index (Phi) is 7.07. The summed E-state index contributed by atoms with van der Waals surface area (Å²) < 4.78 is 0. The number of fused-ring (bicyclic) bond motifs is 2. The number of benzene rings is 3. The Morgan fingerprint density at radius 3 is 2.34 bits per heavy atom. The number of hydrogen-bond acceptors (Lipinski definition) is 6. The molecule has 10 heteroatoms. The fraction of sp³-hybridized carbons (Fsp3) is 0.107. The van der Waals surface area contributed by atoms with Crippen molar-refractivity contribution in [2.45, 2.75) is 12.5 Å². The van der Waals surface area contributed by atoms with Crippen molar-refractivity contribution in [3.63, 3.8) is 0 Å². The van der Waals surface area contributed by atoms with E-state index in [0.717, 1.165) is 16.3 Å². The van der Waals surface area contributed by atoms with Crippen molar-refractivity contribution in [1.82, 2.24) is 25.8 Å². The van der Waals surface area contributed by atoms with Gasteiger partial charge in [-0.25, -0.2) is 5.43 Å². The summed E-state index contributed by atoms with van der Waals surface area (Å²) in [6.45, 7) is 0.0289. The number of amides is 3. The summed E-state index contributed by atoms with van der Waals surface area (Å²) in [5, 5.41) is 15.4. The largest absolute Gasteiger partial charge is 0.356 e. The molecule has 38 heavy (non-hydrogen) atoms. The van der Waals surface area contributed by atoms with Gasteiger partial charge >= 0.3 is 0 Å². The second kappa shape index (κ2) is 10.8. The number of thiocarbonyl (C=S) groups is 1. The minimum absolute atomic E-state index is 0.0289. The molecule has 1 unspecified atom stereocenters. The summed E-state index contributed by atoms with van der Waals surface area (Å²) in [4.78, 5) is 43.9. The summed E-state index contributed by atoms with van der Waals surface area (Å²) in [6.07, 6.45) is 3.72. The van der Waals surface area contributed by atoms with E-state index in [0.29, 0.717) is 22.7 Å². The van der Waals surface area contributed by atoms with E-state index in [4.69, 9.17) is 12.2 Å². The molecule has 1 atom stereocenters. The predicted octanol–water partition coefficient (Wildman–Crippen LogP) is 3.35. The average Bonchev–Trinajstić information content (AvgIpc) is 3.17. The summed E-state index contributed by atoms with van der Waals surface area (Å²) >= 11 is 5.37. The summed E-state index contributed by atoms with van der Waals surface area (Å²) in [5.41, 5.74) is 4.37. The number of aromatic nitrogens is 1. The van der Waals surface area contributed by atoms with Crippen LogP contribution in [0.25, 0.3) is 10.8 Å². The van der Waals surface area contributed by atoms with E-state index in [1.165, 1.54) is 4.90 Å². The first-order valence-corrected chi connectivity index (χ1v) is 12.2. The number of nitrogens with one attached hydrogen (secondary N) is 2. The van der Waals surface area contributed by atoms with Gasteiger partial charge in [0.1, 0.15) is 0 Å². The Bertz CT molecular complexity index is 1510. The predicted molar refractivity (Wildman–Crippen MR) is 144 cm³/mol. The second-order valence-corrected chi connectivity index (χ2v) is 9.20. The van der Waals surface area contributed by atoms with Crippen LogP contribution >= 0.6 is 12.2 Å². The van der Waals surface area contributed by atoms with Crippen LogP contribution in [0.4, 0.5) is 0 Å². The van der Waals surface area contributed by atoms with E-state index in [9.17, 15) is 19.6 Å². The topological polar surface area (TPSA) is 115 Å². The van der Waals surface area contributed by atoms with E-state index in [1.807, 2.05) is 30.3 Å². The highest BCUT2D eigenvalue weighted by Gasteiger charge is 2.36. The molecule has 0 radical (unpaired) electrons. The van der Waals surface area contributed by atoms with Crippen LogP contribution in [-0.2, 0) is 6.42 Å². The molecular weight excluding hydrogens is 502 g/mol. The minimum atomic E-state index is -0.715. The fourth-order valence-corrected chi connectivity index (χ4v) is 4.64. The van der Waals surface area contributed by atoms with Gasteiger partial charge in [0.2, 0.25) is 0 Å². The van der Waals surface area contributed by atoms with Crippen molar-refractivity contribution in [3.8, 4) is 0 Å². The van der Waals surface area contributed by atoms with E-state index >= 15 is 0 Å². The molecule has 3 N–H and O–H groups in total. The summed E-state index contributed by atoms with van der Waals surface area (Å²) in [5.74, 6) is -1.47. The molecule has 5 rings (SSSR count). The van der Waals surface area contributed by atoms with Crippen molar-refractivity contribution in [1.29, 1.82) is 0 Å². The Labute approximate surface area is 223 Å². The molecule has 0 aliphatic carbocycles. The summed E-state index contributed by atoms with van der Waals surface area (Å²) in [7, 11) is 0. The summed E-state index contributed by atoms with van der Waals surface area (Å²) in [6, 6.07) is 22.4. The molecule has 0 bridgehead atoms. The lowest BCUT2D eigenvalue weighted by Gasteiger charge is -2.26. The van der Waals surface area contributed by atoms with Gasteiger partial charge in [0.05, 0.1) is 17.2 Å². The zero-order valence-corrected chi connectivity index (χ0v) is 20.9. The fourth-order valence-electron chi connectivity index (χ4n) is 4.39. The third-order valence-corrected chi connectivity index (χ3v) is 6.44. The number of nitrogens with zero attached hydrogens (tertiary/aromatic N) is 3. The molecule has 0 saturated carbocycles. The van der Waals surface area contributed by atoms with Gasteiger partial charge in [-0.3, -0.25) is 29.5 Å². The van der Waals surface area contributed by atoms with Crippen molar-refractivity contribution >= 4 is 45.8 Å². The number of imide groups is 1. The molecule has 2 heterocycles. The first-order chi connectivity index (χ1) is 18.4. The molecular formula is C28H23N5O4S. The van der Waals surface area contributed by atoms with E-state index in [-0.39, 0.29) is 29.0 Å². The third kappa shape index (κ3) is 5.22. The van der Waals surface area contributed by atoms with Gasteiger partial charge in [-0.15, -0.1) is 5.17 Å². The molecule has 4 aromatic rings. The van der Waals surface area contributed by atoms with Crippen LogP contribution in [0.15, 0.2) is 91.3 Å². The monoisotopic (exact) mass is 525 g/mol. The van der Waals surface area contributed by atoms with Crippen LogP contribution < -0.4 is 10.7 Å². The molecule has 1 aromatic heterocycles. The van der Waals surface area contributed by atoms with Crippen molar-refractivity contribution in [2.24, 2.45) is 0 Å². The number of hydroxylamine groups is 1. The van der Waals surface area contributed by atoms with Crippen LogP contribution in [-0.4, -0.2) is 55.7 Å². The maximum absolute atomic E-state index is 12.9. The number of hydrogen-bond donors (Lipinski definition) is 3. The zero-order chi connectivity index (χ0) is 26.6. The molecule has 190 valence electrons. The lowest BCUT2D eigenvalue weighted by molar-refractivity contribution is -0.0801. The maximum Gasteiger partial charge on any atom is 0.297 e. The van der Waals surface area contributed by atoms with Crippen LogP contribution in [0.3, 0.4) is 0 Å². The van der Waals surface area contributed by atoms with Gasteiger partial charge in [-0.2, -0.15) is 0 Å². The highest BCUT2D eigenvalue weighted by Crippen LogP contribution is 2.23. The van der Waals surface area contributed by atoms with Crippen LogP contribution in [0.1, 0.15) is 36.6 Å². The molecule has 9 nitrogen and oxygen atoms in total.